The molecular weight excluding hydrogens is 327 g/mol. The second-order valence-electron chi connectivity index (χ2n) is 4.37. The van der Waals surface area contributed by atoms with E-state index in [1.165, 1.54) is 38.5 Å². The first-order valence-corrected chi connectivity index (χ1v) is 6.77. The minimum Gasteiger partial charge on any atom is -0.493 e. The summed E-state index contributed by atoms with van der Waals surface area (Å²) in [5, 5.41) is 0.200. The molecule has 0 N–H and O–H groups in total. The van der Waals surface area contributed by atoms with Crippen molar-refractivity contribution in [3.05, 3.63) is 58.4 Å². The minimum absolute atomic E-state index is 0.0320. The Morgan fingerprint density at radius 3 is 2.39 bits per heavy atom. The largest absolute Gasteiger partial charge is 0.493 e. The molecule has 0 atom stereocenters. The lowest BCUT2D eigenvalue weighted by atomic mass is 10.2. The summed E-state index contributed by atoms with van der Waals surface area (Å²) >= 11 is 5.74. The molecular formula is C16H12ClFO5. The van der Waals surface area contributed by atoms with Gasteiger partial charge in [-0.3, -0.25) is 0 Å². The highest BCUT2D eigenvalue weighted by atomic mass is 35.5. The number of methoxy groups -OCH3 is 2. The van der Waals surface area contributed by atoms with Gasteiger partial charge in [-0.25, -0.2) is 14.0 Å². The van der Waals surface area contributed by atoms with E-state index in [1.807, 2.05) is 0 Å². The van der Waals surface area contributed by atoms with Gasteiger partial charge in [-0.1, -0.05) is 11.6 Å². The Balaban J connectivity index is 2.30. The number of hydrogen-bond donors (Lipinski definition) is 0. The number of benzene rings is 2. The molecule has 2 rings (SSSR count). The van der Waals surface area contributed by atoms with Gasteiger partial charge in [0.25, 0.3) is 0 Å². The van der Waals surface area contributed by atoms with Crippen LogP contribution in [0.1, 0.15) is 20.7 Å². The van der Waals surface area contributed by atoms with Crippen molar-refractivity contribution in [1.82, 2.24) is 0 Å². The lowest BCUT2D eigenvalue weighted by Gasteiger charge is -2.11. The van der Waals surface area contributed by atoms with Gasteiger partial charge in [-0.15, -0.1) is 0 Å². The molecule has 0 unspecified atom stereocenters. The topological polar surface area (TPSA) is 61.8 Å². The summed E-state index contributed by atoms with van der Waals surface area (Å²) < 4.78 is 28.4. The fourth-order valence-corrected chi connectivity index (χ4v) is 1.98. The van der Waals surface area contributed by atoms with Gasteiger partial charge in [-0.05, 0) is 36.4 Å². The van der Waals surface area contributed by atoms with Crippen molar-refractivity contribution in [2.45, 2.75) is 0 Å². The monoisotopic (exact) mass is 338 g/mol. The maximum absolute atomic E-state index is 13.7. The van der Waals surface area contributed by atoms with Gasteiger partial charge in [0, 0.05) is 5.02 Å². The second kappa shape index (κ2) is 7.11. The summed E-state index contributed by atoms with van der Waals surface area (Å²) in [7, 11) is 2.58. The van der Waals surface area contributed by atoms with Crippen LogP contribution >= 0.6 is 11.6 Å². The summed E-state index contributed by atoms with van der Waals surface area (Å²) in [6.07, 6.45) is 0. The molecule has 0 heterocycles. The summed E-state index contributed by atoms with van der Waals surface area (Å²) in [5.41, 5.74) is -0.0883. The van der Waals surface area contributed by atoms with E-state index in [4.69, 9.17) is 21.1 Å². The molecule has 0 aromatic heterocycles. The Kier molecular flexibility index (Phi) is 5.18. The van der Waals surface area contributed by atoms with Crippen molar-refractivity contribution in [3.8, 4) is 11.5 Å². The zero-order valence-corrected chi connectivity index (χ0v) is 13.0. The second-order valence-corrected chi connectivity index (χ2v) is 4.81. The van der Waals surface area contributed by atoms with Gasteiger partial charge in [0.05, 0.1) is 25.3 Å². The van der Waals surface area contributed by atoms with Gasteiger partial charge < -0.3 is 14.2 Å². The Hall–Kier alpha value is -2.60. The predicted octanol–water partition coefficient (Wildman–Crippen LogP) is 3.49. The molecule has 0 saturated heterocycles. The lowest BCUT2D eigenvalue weighted by Crippen LogP contribution is -2.12. The van der Waals surface area contributed by atoms with E-state index < -0.39 is 17.8 Å². The molecule has 0 radical (unpaired) electrons. The van der Waals surface area contributed by atoms with E-state index >= 15 is 0 Å². The minimum atomic E-state index is -0.936. The van der Waals surface area contributed by atoms with Crippen LogP contribution in [0.5, 0.6) is 11.5 Å². The third-order valence-corrected chi connectivity index (χ3v) is 3.17. The maximum Gasteiger partial charge on any atom is 0.346 e. The number of halogens is 2. The van der Waals surface area contributed by atoms with Crippen molar-refractivity contribution >= 4 is 23.5 Å². The maximum atomic E-state index is 13.7. The van der Waals surface area contributed by atoms with Gasteiger partial charge in [-0.2, -0.15) is 0 Å². The fourth-order valence-electron chi connectivity index (χ4n) is 1.81. The van der Waals surface area contributed by atoms with E-state index in [9.17, 15) is 14.0 Å². The zero-order chi connectivity index (χ0) is 17.0. The zero-order valence-electron chi connectivity index (χ0n) is 12.3. The number of hydrogen-bond acceptors (Lipinski definition) is 5. The van der Waals surface area contributed by atoms with Crippen LogP contribution in [0.4, 0.5) is 4.39 Å². The quantitative estimate of drug-likeness (QED) is 0.630. The Bertz CT molecular complexity index is 760. The molecule has 0 fully saturated rings. The number of rotatable bonds is 4. The Labute approximate surface area is 136 Å². The lowest BCUT2D eigenvalue weighted by molar-refractivity contribution is 0.0600. The molecule has 120 valence electrons. The van der Waals surface area contributed by atoms with Crippen molar-refractivity contribution in [2.75, 3.05) is 14.2 Å². The van der Waals surface area contributed by atoms with E-state index in [0.717, 1.165) is 12.1 Å². The third-order valence-electron chi connectivity index (χ3n) is 2.94. The molecule has 0 saturated carbocycles. The SMILES string of the molecule is COC(=O)c1ccc(OC(=O)c2cc(Cl)ccc2F)c(OC)c1. The molecule has 5 nitrogen and oxygen atoms in total. The van der Waals surface area contributed by atoms with Crippen molar-refractivity contribution in [2.24, 2.45) is 0 Å². The molecule has 2 aromatic carbocycles. The van der Waals surface area contributed by atoms with Gasteiger partial charge in [0.15, 0.2) is 11.5 Å². The first-order chi connectivity index (χ1) is 11.0. The van der Waals surface area contributed by atoms with Crippen LogP contribution in [0.3, 0.4) is 0 Å². The average Bonchev–Trinajstić information content (AvgIpc) is 2.56. The molecule has 0 spiro atoms. The van der Waals surface area contributed by atoms with Crippen LogP contribution in [-0.2, 0) is 4.74 Å². The fraction of sp³-hybridized carbons (Fsp3) is 0.125. The third kappa shape index (κ3) is 3.78. The number of esters is 2. The summed E-state index contributed by atoms with van der Waals surface area (Å²) in [4.78, 5) is 23.5. The molecule has 0 aliphatic rings. The van der Waals surface area contributed by atoms with Crippen LogP contribution in [0.25, 0.3) is 0 Å². The predicted molar refractivity (Wildman–Crippen MR) is 80.7 cm³/mol. The molecule has 7 heteroatoms. The smallest absolute Gasteiger partial charge is 0.346 e. The van der Waals surface area contributed by atoms with Crippen molar-refractivity contribution < 1.29 is 28.2 Å². The Morgan fingerprint density at radius 1 is 1.00 bits per heavy atom. The average molecular weight is 339 g/mol. The van der Waals surface area contributed by atoms with Gasteiger partial charge in [0.1, 0.15) is 5.82 Å². The summed E-state index contributed by atoms with van der Waals surface area (Å²) in [5.74, 6) is -2.10. The van der Waals surface area contributed by atoms with E-state index in [2.05, 4.69) is 4.74 Å². The number of carbonyl (C=O) groups excluding carboxylic acids is 2. The molecule has 2 aromatic rings. The summed E-state index contributed by atoms with van der Waals surface area (Å²) in [6, 6.07) is 7.64. The molecule has 0 aliphatic carbocycles. The van der Waals surface area contributed by atoms with E-state index in [0.29, 0.717) is 0 Å². The highest BCUT2D eigenvalue weighted by molar-refractivity contribution is 6.30. The van der Waals surface area contributed by atoms with Crippen molar-refractivity contribution in [3.63, 3.8) is 0 Å². The standard InChI is InChI=1S/C16H12ClFO5/c1-21-14-7-9(15(19)22-2)3-6-13(14)23-16(20)11-8-10(17)4-5-12(11)18/h3-8H,1-2H3. The highest BCUT2D eigenvalue weighted by Gasteiger charge is 2.18. The van der Waals surface area contributed by atoms with Crippen LogP contribution in [0.2, 0.25) is 5.02 Å². The summed E-state index contributed by atoms with van der Waals surface area (Å²) in [6.45, 7) is 0. The van der Waals surface area contributed by atoms with E-state index in [-0.39, 0.29) is 27.6 Å². The van der Waals surface area contributed by atoms with E-state index in [1.54, 1.807) is 0 Å². The first kappa shape index (κ1) is 16.8. The van der Waals surface area contributed by atoms with Gasteiger partial charge in [0.2, 0.25) is 0 Å². The molecule has 23 heavy (non-hydrogen) atoms. The number of carbonyl (C=O) groups is 2. The molecule has 0 aliphatic heterocycles. The van der Waals surface area contributed by atoms with Crippen LogP contribution in [-0.4, -0.2) is 26.2 Å². The molecule has 0 bridgehead atoms. The van der Waals surface area contributed by atoms with Gasteiger partial charge >= 0.3 is 11.9 Å². The van der Waals surface area contributed by atoms with Crippen molar-refractivity contribution in [1.29, 1.82) is 0 Å². The molecule has 0 amide bonds. The normalized spacial score (nSPS) is 10.1. The number of ether oxygens (including phenoxy) is 3. The van der Waals surface area contributed by atoms with Crippen LogP contribution in [0, 0.1) is 5.82 Å². The van der Waals surface area contributed by atoms with Crippen LogP contribution < -0.4 is 9.47 Å². The highest BCUT2D eigenvalue weighted by Crippen LogP contribution is 2.29. The Morgan fingerprint density at radius 2 is 1.74 bits per heavy atom. The van der Waals surface area contributed by atoms with Crippen LogP contribution in [0.15, 0.2) is 36.4 Å². The first-order valence-electron chi connectivity index (χ1n) is 6.40.